The Bertz CT molecular complexity index is 367. The lowest BCUT2D eigenvalue weighted by atomic mass is 10.00. The fraction of sp³-hybridized carbons (Fsp3) is 0.583. The fourth-order valence-electron chi connectivity index (χ4n) is 1.22. The Morgan fingerprint density at radius 3 is 2.65 bits per heavy atom. The van der Waals surface area contributed by atoms with Crippen molar-refractivity contribution in [3.8, 4) is 0 Å². The minimum absolute atomic E-state index is 0.00843. The summed E-state index contributed by atoms with van der Waals surface area (Å²) in [6.07, 6.45) is 4.45. The van der Waals surface area contributed by atoms with Crippen LogP contribution >= 0.6 is 0 Å². The zero-order valence-electron chi connectivity index (χ0n) is 10.7. The molecule has 0 saturated carbocycles. The van der Waals surface area contributed by atoms with Gasteiger partial charge in [0.05, 0.1) is 24.1 Å². The van der Waals surface area contributed by atoms with Crippen molar-refractivity contribution in [1.29, 1.82) is 0 Å². The van der Waals surface area contributed by atoms with Gasteiger partial charge in [-0.15, -0.1) is 0 Å². The van der Waals surface area contributed by atoms with Gasteiger partial charge in [-0.05, 0) is 27.2 Å². The molecule has 1 rings (SSSR count). The number of hydrogen-bond acceptors (Lipinski definition) is 4. The number of nitrogens with one attached hydrogen (secondary N) is 1. The van der Waals surface area contributed by atoms with Crippen molar-refractivity contribution in [2.24, 2.45) is 5.73 Å². The van der Waals surface area contributed by atoms with Crippen molar-refractivity contribution in [2.45, 2.75) is 45.7 Å². The molecule has 1 heterocycles. The normalized spacial score (nSPS) is 11.3. The molecule has 17 heavy (non-hydrogen) atoms. The maximum Gasteiger partial charge on any atom is 0.220 e. The molecule has 1 aromatic heterocycles. The standard InChI is InChI=1S/C12H20N4O/c1-9-6-15-10(7-14-9)8-16-11(17)4-5-12(2,3)13/h6-7H,4-5,8,13H2,1-3H3,(H,16,17). The molecule has 0 atom stereocenters. The number of hydrogen-bond donors (Lipinski definition) is 2. The topological polar surface area (TPSA) is 80.9 Å². The number of amides is 1. The molecule has 0 aliphatic rings. The SMILES string of the molecule is Cc1cnc(CNC(=O)CCC(C)(C)N)cn1. The first-order valence-electron chi connectivity index (χ1n) is 5.70. The van der Waals surface area contributed by atoms with E-state index in [9.17, 15) is 4.79 Å². The highest BCUT2D eigenvalue weighted by molar-refractivity contribution is 5.75. The summed E-state index contributed by atoms with van der Waals surface area (Å²) in [6, 6.07) is 0. The van der Waals surface area contributed by atoms with Crippen LogP contribution in [0.4, 0.5) is 0 Å². The predicted octanol–water partition coefficient (Wildman–Crippen LogP) is 0.919. The molecular formula is C12H20N4O. The van der Waals surface area contributed by atoms with E-state index in [1.807, 2.05) is 20.8 Å². The van der Waals surface area contributed by atoms with Gasteiger partial charge in [-0.3, -0.25) is 14.8 Å². The molecule has 0 fully saturated rings. The molecule has 1 aromatic rings. The van der Waals surface area contributed by atoms with E-state index in [0.717, 1.165) is 11.4 Å². The molecule has 0 saturated heterocycles. The lowest BCUT2D eigenvalue weighted by Gasteiger charge is -2.17. The third-order valence-corrected chi connectivity index (χ3v) is 2.30. The summed E-state index contributed by atoms with van der Waals surface area (Å²) in [5, 5.41) is 2.79. The number of aromatic nitrogens is 2. The smallest absolute Gasteiger partial charge is 0.220 e. The largest absolute Gasteiger partial charge is 0.350 e. The quantitative estimate of drug-likeness (QED) is 0.796. The Morgan fingerprint density at radius 2 is 2.12 bits per heavy atom. The molecule has 0 radical (unpaired) electrons. The average molecular weight is 236 g/mol. The van der Waals surface area contributed by atoms with Crippen molar-refractivity contribution in [3.63, 3.8) is 0 Å². The highest BCUT2D eigenvalue weighted by Crippen LogP contribution is 2.06. The lowest BCUT2D eigenvalue weighted by molar-refractivity contribution is -0.121. The second-order valence-electron chi connectivity index (χ2n) is 4.91. The third kappa shape index (κ3) is 5.97. The van der Waals surface area contributed by atoms with Crippen LogP contribution in [0, 0.1) is 6.92 Å². The van der Waals surface area contributed by atoms with Gasteiger partial charge in [0.25, 0.3) is 0 Å². The summed E-state index contributed by atoms with van der Waals surface area (Å²) < 4.78 is 0. The van der Waals surface area contributed by atoms with E-state index < -0.39 is 0 Å². The van der Waals surface area contributed by atoms with Gasteiger partial charge in [0, 0.05) is 18.2 Å². The van der Waals surface area contributed by atoms with Gasteiger partial charge >= 0.3 is 0 Å². The van der Waals surface area contributed by atoms with Crippen molar-refractivity contribution in [1.82, 2.24) is 15.3 Å². The van der Waals surface area contributed by atoms with Gasteiger partial charge in [0.2, 0.25) is 5.91 Å². The van der Waals surface area contributed by atoms with Crippen molar-refractivity contribution < 1.29 is 4.79 Å². The molecule has 1 amide bonds. The van der Waals surface area contributed by atoms with Crippen LogP contribution in [-0.4, -0.2) is 21.4 Å². The Morgan fingerprint density at radius 1 is 1.41 bits per heavy atom. The third-order valence-electron chi connectivity index (χ3n) is 2.30. The number of nitrogens with zero attached hydrogens (tertiary/aromatic N) is 2. The Balaban J connectivity index is 2.31. The van der Waals surface area contributed by atoms with Crippen molar-refractivity contribution in [2.75, 3.05) is 0 Å². The summed E-state index contributed by atoms with van der Waals surface area (Å²) in [5.41, 5.74) is 7.13. The van der Waals surface area contributed by atoms with Gasteiger partial charge in [0.15, 0.2) is 0 Å². The number of aryl methyl sites for hydroxylation is 1. The van der Waals surface area contributed by atoms with Gasteiger partial charge in [-0.25, -0.2) is 0 Å². The molecule has 3 N–H and O–H groups in total. The first-order chi connectivity index (χ1) is 7.87. The van der Waals surface area contributed by atoms with Crippen molar-refractivity contribution in [3.05, 3.63) is 23.8 Å². The zero-order chi connectivity index (χ0) is 12.9. The minimum atomic E-state index is -0.305. The van der Waals surface area contributed by atoms with Crippen LogP contribution in [0.25, 0.3) is 0 Å². The Kier molecular flexibility index (Phi) is 4.57. The number of carbonyl (C=O) groups excluding carboxylic acids is 1. The molecule has 5 nitrogen and oxygen atoms in total. The Labute approximate surface area is 102 Å². The van der Waals surface area contributed by atoms with Crippen LogP contribution in [0.2, 0.25) is 0 Å². The second-order valence-corrected chi connectivity index (χ2v) is 4.91. The molecule has 0 bridgehead atoms. The van der Waals surface area contributed by atoms with Gasteiger partial charge in [-0.2, -0.15) is 0 Å². The first-order valence-corrected chi connectivity index (χ1v) is 5.70. The van der Waals surface area contributed by atoms with Gasteiger partial charge in [-0.1, -0.05) is 0 Å². The number of carbonyl (C=O) groups is 1. The number of rotatable bonds is 5. The molecule has 0 aliphatic carbocycles. The van der Waals surface area contributed by atoms with Crippen LogP contribution in [0.3, 0.4) is 0 Å². The maximum absolute atomic E-state index is 11.5. The summed E-state index contributed by atoms with van der Waals surface area (Å²) in [5.74, 6) is -0.00843. The van der Waals surface area contributed by atoms with E-state index >= 15 is 0 Å². The zero-order valence-corrected chi connectivity index (χ0v) is 10.7. The van der Waals surface area contributed by atoms with Crippen LogP contribution in [-0.2, 0) is 11.3 Å². The first kappa shape index (κ1) is 13.6. The monoisotopic (exact) mass is 236 g/mol. The second kappa shape index (κ2) is 5.72. The highest BCUT2D eigenvalue weighted by atomic mass is 16.1. The van der Waals surface area contributed by atoms with Crippen molar-refractivity contribution >= 4 is 5.91 Å². The van der Waals surface area contributed by atoms with E-state index in [1.54, 1.807) is 12.4 Å². The van der Waals surface area contributed by atoms with E-state index in [1.165, 1.54) is 0 Å². The van der Waals surface area contributed by atoms with Crippen LogP contribution in [0.5, 0.6) is 0 Å². The van der Waals surface area contributed by atoms with E-state index in [4.69, 9.17) is 5.73 Å². The predicted molar refractivity (Wildman–Crippen MR) is 66.1 cm³/mol. The maximum atomic E-state index is 11.5. The molecule has 0 spiro atoms. The van der Waals surface area contributed by atoms with Gasteiger partial charge < -0.3 is 11.1 Å². The summed E-state index contributed by atoms with van der Waals surface area (Å²) in [6.45, 7) is 6.10. The van der Waals surface area contributed by atoms with E-state index in [0.29, 0.717) is 19.4 Å². The summed E-state index contributed by atoms with van der Waals surface area (Å²) >= 11 is 0. The van der Waals surface area contributed by atoms with Gasteiger partial charge in [0.1, 0.15) is 0 Å². The fourth-order valence-corrected chi connectivity index (χ4v) is 1.22. The van der Waals surface area contributed by atoms with E-state index in [-0.39, 0.29) is 11.4 Å². The highest BCUT2D eigenvalue weighted by Gasteiger charge is 2.12. The molecule has 0 aliphatic heterocycles. The lowest BCUT2D eigenvalue weighted by Crippen LogP contribution is -2.34. The van der Waals surface area contributed by atoms with Crippen LogP contribution in [0.15, 0.2) is 12.4 Å². The minimum Gasteiger partial charge on any atom is -0.350 e. The molecule has 5 heteroatoms. The Hall–Kier alpha value is -1.49. The average Bonchev–Trinajstić information content (AvgIpc) is 2.25. The summed E-state index contributed by atoms with van der Waals surface area (Å²) in [4.78, 5) is 19.8. The summed E-state index contributed by atoms with van der Waals surface area (Å²) in [7, 11) is 0. The molecule has 0 unspecified atom stereocenters. The van der Waals surface area contributed by atoms with Crippen LogP contribution in [0.1, 0.15) is 38.1 Å². The molecule has 0 aromatic carbocycles. The molecule has 94 valence electrons. The van der Waals surface area contributed by atoms with E-state index in [2.05, 4.69) is 15.3 Å². The van der Waals surface area contributed by atoms with Crippen LogP contribution < -0.4 is 11.1 Å². The number of nitrogens with two attached hydrogens (primary N) is 1. The molecular weight excluding hydrogens is 216 g/mol.